The van der Waals surface area contributed by atoms with Crippen molar-refractivity contribution < 1.29 is 23.9 Å². The highest BCUT2D eigenvalue weighted by atomic mass is 79.9. The van der Waals surface area contributed by atoms with Crippen molar-refractivity contribution >= 4 is 57.2 Å². The molecule has 0 unspecified atom stereocenters. The molecule has 1 saturated carbocycles. The van der Waals surface area contributed by atoms with E-state index < -0.39 is 0 Å². The molecule has 2 aliphatic carbocycles. The van der Waals surface area contributed by atoms with Gasteiger partial charge in [0.25, 0.3) is 17.7 Å². The van der Waals surface area contributed by atoms with E-state index in [4.69, 9.17) is 21.1 Å². The average Bonchev–Trinajstić information content (AvgIpc) is 3.52. The molecule has 0 spiro atoms. The molecule has 1 heterocycles. The quantitative estimate of drug-likeness (QED) is 0.311. The average molecular weight is 559 g/mol. The molecule has 0 radical (unpaired) electrons. The number of benzene rings is 2. The summed E-state index contributed by atoms with van der Waals surface area (Å²) in [4.78, 5) is 37.9. The molecule has 8 nitrogen and oxygen atoms in total. The Hall–Kier alpha value is -3.17. The summed E-state index contributed by atoms with van der Waals surface area (Å²) < 4.78 is 11.6. The van der Waals surface area contributed by atoms with E-state index >= 15 is 0 Å². The van der Waals surface area contributed by atoms with E-state index in [-0.39, 0.29) is 48.0 Å². The summed E-state index contributed by atoms with van der Waals surface area (Å²) in [5.74, 6) is -0.492. The number of ether oxygens (including phenoxy) is 2. The molecule has 180 valence electrons. The number of hydrogen-bond donors (Lipinski definition) is 1. The number of rotatable bonds is 7. The maximum atomic E-state index is 12.8. The molecule has 1 saturated heterocycles. The Labute approximate surface area is 215 Å². The topological polar surface area (TPSA) is 97.3 Å². The van der Waals surface area contributed by atoms with Crippen LogP contribution in [0.4, 0.5) is 5.69 Å². The van der Waals surface area contributed by atoms with E-state index in [2.05, 4.69) is 26.3 Å². The first kappa shape index (κ1) is 23.6. The predicted octanol–water partition coefficient (Wildman–Crippen LogP) is 4.27. The number of amides is 3. The van der Waals surface area contributed by atoms with Crippen molar-refractivity contribution in [3.63, 3.8) is 0 Å². The first-order valence-electron chi connectivity index (χ1n) is 11.0. The fourth-order valence-electron chi connectivity index (χ4n) is 4.95. The Morgan fingerprint density at radius 2 is 1.83 bits per heavy atom. The van der Waals surface area contributed by atoms with Crippen LogP contribution in [0.15, 0.2) is 58.1 Å². The number of hydrazone groups is 1. The minimum atomic E-state index is -0.355. The zero-order chi connectivity index (χ0) is 24.7. The number of fused-ring (bicyclic) bond motifs is 5. The Morgan fingerprint density at radius 3 is 2.46 bits per heavy atom. The lowest BCUT2D eigenvalue weighted by Crippen LogP contribution is -2.28. The van der Waals surface area contributed by atoms with Crippen molar-refractivity contribution in [3.05, 3.63) is 63.6 Å². The molecule has 10 heteroatoms. The van der Waals surface area contributed by atoms with Gasteiger partial charge in [-0.2, -0.15) is 10.1 Å². The lowest BCUT2D eigenvalue weighted by molar-refractivity contribution is -0.140. The summed E-state index contributed by atoms with van der Waals surface area (Å²) >= 11 is 9.29. The van der Waals surface area contributed by atoms with Crippen molar-refractivity contribution in [3.8, 4) is 11.5 Å². The van der Waals surface area contributed by atoms with Crippen LogP contribution in [0.25, 0.3) is 0 Å². The van der Waals surface area contributed by atoms with Gasteiger partial charge in [-0.05, 0) is 76.1 Å². The molecule has 3 aliphatic rings. The number of allylic oxidation sites excluding steroid dienone is 2. The summed E-state index contributed by atoms with van der Waals surface area (Å²) in [7, 11) is 1.47. The first-order chi connectivity index (χ1) is 16.9. The minimum Gasteiger partial charge on any atom is -0.493 e. The molecule has 2 fully saturated rings. The van der Waals surface area contributed by atoms with Gasteiger partial charge in [0.15, 0.2) is 18.1 Å². The molecule has 1 N–H and O–H groups in total. The Kier molecular flexibility index (Phi) is 6.37. The zero-order valence-electron chi connectivity index (χ0n) is 18.6. The standard InChI is InChI=1S/C25H21BrClN3O5/c1-34-19-9-13(11-28-30-24(32)21-14-2-3-15(10-14)22(21)25(30)33)8-18(26)23(19)35-12-20(31)29-17-6-4-16(27)5-7-17/h2-9,11,14-15,21-22H,10,12H2,1H3,(H,29,31)/t14-,15-,21-,22+/m0/s1. The molecule has 1 aliphatic heterocycles. The van der Waals surface area contributed by atoms with Crippen LogP contribution in [0.1, 0.15) is 12.0 Å². The van der Waals surface area contributed by atoms with E-state index in [0.717, 1.165) is 11.4 Å². The van der Waals surface area contributed by atoms with Gasteiger partial charge in [-0.15, -0.1) is 0 Å². The molecular formula is C25H21BrClN3O5. The number of anilines is 1. The van der Waals surface area contributed by atoms with Gasteiger partial charge >= 0.3 is 0 Å². The van der Waals surface area contributed by atoms with E-state index in [9.17, 15) is 14.4 Å². The van der Waals surface area contributed by atoms with Gasteiger partial charge in [0.2, 0.25) is 0 Å². The number of nitrogens with zero attached hydrogens (tertiary/aromatic N) is 2. The fourth-order valence-corrected chi connectivity index (χ4v) is 5.65. The van der Waals surface area contributed by atoms with E-state index in [1.165, 1.54) is 13.3 Å². The number of hydrogen-bond acceptors (Lipinski definition) is 6. The summed E-state index contributed by atoms with van der Waals surface area (Å²) in [6.07, 6.45) is 6.39. The summed E-state index contributed by atoms with van der Waals surface area (Å²) in [6.45, 7) is -0.249. The fraction of sp³-hybridized carbons (Fsp3) is 0.280. The minimum absolute atomic E-state index is 0.129. The van der Waals surface area contributed by atoms with Crippen LogP contribution in [0.5, 0.6) is 11.5 Å². The molecule has 2 bridgehead atoms. The van der Waals surface area contributed by atoms with Gasteiger partial charge in [0.1, 0.15) is 0 Å². The summed E-state index contributed by atoms with van der Waals surface area (Å²) in [5, 5.41) is 8.48. The van der Waals surface area contributed by atoms with Gasteiger partial charge in [-0.25, -0.2) is 0 Å². The van der Waals surface area contributed by atoms with Gasteiger partial charge in [0.05, 0.1) is 29.6 Å². The second-order valence-electron chi connectivity index (χ2n) is 8.61. The van der Waals surface area contributed by atoms with Gasteiger partial charge in [-0.1, -0.05) is 23.8 Å². The monoisotopic (exact) mass is 557 g/mol. The van der Waals surface area contributed by atoms with Crippen LogP contribution in [-0.4, -0.2) is 42.7 Å². The molecule has 2 aromatic carbocycles. The number of imide groups is 1. The molecule has 5 rings (SSSR count). The normalized spacial score (nSPS) is 24.4. The second kappa shape index (κ2) is 9.47. The van der Waals surface area contributed by atoms with Crippen molar-refractivity contribution in [2.45, 2.75) is 6.42 Å². The summed E-state index contributed by atoms with van der Waals surface area (Å²) in [6, 6.07) is 10.1. The number of nitrogens with one attached hydrogen (secondary N) is 1. The maximum absolute atomic E-state index is 12.8. The van der Waals surface area contributed by atoms with E-state index in [1.807, 2.05) is 12.2 Å². The van der Waals surface area contributed by atoms with Crippen LogP contribution in [0.2, 0.25) is 5.02 Å². The third-order valence-electron chi connectivity index (χ3n) is 6.50. The highest BCUT2D eigenvalue weighted by Gasteiger charge is 2.59. The van der Waals surface area contributed by atoms with Crippen molar-refractivity contribution in [1.29, 1.82) is 0 Å². The van der Waals surface area contributed by atoms with Gasteiger partial charge in [-0.3, -0.25) is 14.4 Å². The van der Waals surface area contributed by atoms with Gasteiger partial charge < -0.3 is 14.8 Å². The second-order valence-corrected chi connectivity index (χ2v) is 9.90. The first-order valence-corrected chi connectivity index (χ1v) is 12.2. The van der Waals surface area contributed by atoms with Crippen molar-refractivity contribution in [2.24, 2.45) is 28.8 Å². The molecular weight excluding hydrogens is 538 g/mol. The third-order valence-corrected chi connectivity index (χ3v) is 7.34. The number of carbonyl (C=O) groups excluding carboxylic acids is 3. The Bertz CT molecular complexity index is 1230. The predicted molar refractivity (Wildman–Crippen MR) is 133 cm³/mol. The van der Waals surface area contributed by atoms with Crippen molar-refractivity contribution in [2.75, 3.05) is 19.0 Å². The third kappa shape index (κ3) is 4.46. The smallest absolute Gasteiger partial charge is 0.262 e. The SMILES string of the molecule is COc1cc(C=NN2C(=O)[C@@H]3[C@H](C2=O)[C@H]2C=C[C@H]3C2)cc(Br)c1OCC(=O)Nc1ccc(Cl)cc1. The van der Waals surface area contributed by atoms with Crippen LogP contribution in [0, 0.1) is 23.7 Å². The van der Waals surface area contributed by atoms with Crippen LogP contribution in [0.3, 0.4) is 0 Å². The highest BCUT2D eigenvalue weighted by Crippen LogP contribution is 2.52. The molecule has 0 aromatic heterocycles. The highest BCUT2D eigenvalue weighted by molar-refractivity contribution is 9.10. The molecule has 35 heavy (non-hydrogen) atoms. The molecule has 2 aromatic rings. The lowest BCUT2D eigenvalue weighted by Gasteiger charge is -2.14. The maximum Gasteiger partial charge on any atom is 0.262 e. The largest absolute Gasteiger partial charge is 0.493 e. The Balaban J connectivity index is 1.26. The summed E-state index contributed by atoms with van der Waals surface area (Å²) in [5.41, 5.74) is 1.19. The zero-order valence-corrected chi connectivity index (χ0v) is 21.0. The lowest BCUT2D eigenvalue weighted by atomic mass is 9.85. The van der Waals surface area contributed by atoms with E-state index in [1.54, 1.807) is 36.4 Å². The Morgan fingerprint density at radius 1 is 1.17 bits per heavy atom. The number of carbonyl (C=O) groups is 3. The van der Waals surface area contributed by atoms with Crippen LogP contribution in [-0.2, 0) is 14.4 Å². The molecule has 3 amide bonds. The van der Waals surface area contributed by atoms with E-state index in [0.29, 0.717) is 32.2 Å². The van der Waals surface area contributed by atoms with Crippen LogP contribution >= 0.6 is 27.5 Å². The van der Waals surface area contributed by atoms with Crippen molar-refractivity contribution in [1.82, 2.24) is 5.01 Å². The number of halogens is 2. The number of methoxy groups -OCH3 is 1. The van der Waals surface area contributed by atoms with Gasteiger partial charge in [0, 0.05) is 10.7 Å². The van der Waals surface area contributed by atoms with Crippen LogP contribution < -0.4 is 14.8 Å². The molecule has 4 atom stereocenters.